The minimum atomic E-state index is -1.77. The molecule has 0 rings (SSSR count). The van der Waals surface area contributed by atoms with Crippen molar-refractivity contribution in [2.24, 2.45) is 0 Å². The molecule has 1 unspecified atom stereocenters. The minimum Gasteiger partial charge on any atom is -0.547 e. The zero-order valence-electron chi connectivity index (χ0n) is 12.5. The van der Waals surface area contributed by atoms with E-state index in [1.807, 2.05) is 0 Å². The van der Waals surface area contributed by atoms with Gasteiger partial charge in [0.05, 0.1) is 5.97 Å². The van der Waals surface area contributed by atoms with Crippen LogP contribution in [0, 0.1) is 0 Å². The average Bonchev–Trinajstić information content (AvgIpc) is 2.39. The number of carboxylic acids is 1. The average molecular weight is 273 g/mol. The van der Waals surface area contributed by atoms with Crippen molar-refractivity contribution in [1.29, 1.82) is 0 Å². The monoisotopic (exact) mass is 273 g/mol. The summed E-state index contributed by atoms with van der Waals surface area (Å²) in [4.78, 5) is 10.1. The number of aliphatic carboxylic acids is 1. The van der Waals surface area contributed by atoms with Crippen LogP contribution < -0.4 is 5.11 Å². The molecular weight excluding hydrogens is 243 g/mol. The van der Waals surface area contributed by atoms with Gasteiger partial charge in [-0.1, -0.05) is 84.0 Å². The molecular formula is C16H30FO2-. The maximum atomic E-state index is 12.7. The number of unbranched alkanes of at least 4 members (excludes halogenated alkanes) is 11. The highest BCUT2D eigenvalue weighted by Crippen LogP contribution is 2.13. The summed E-state index contributed by atoms with van der Waals surface area (Å²) in [6.07, 6.45) is 12.9. The topological polar surface area (TPSA) is 40.1 Å². The van der Waals surface area contributed by atoms with Crippen molar-refractivity contribution in [2.75, 3.05) is 0 Å². The van der Waals surface area contributed by atoms with Gasteiger partial charge in [0.15, 0.2) is 0 Å². The third kappa shape index (κ3) is 13.6. The van der Waals surface area contributed by atoms with Gasteiger partial charge in [-0.15, -0.1) is 0 Å². The van der Waals surface area contributed by atoms with Crippen LogP contribution >= 0.6 is 0 Å². The first kappa shape index (κ1) is 18.4. The van der Waals surface area contributed by atoms with Crippen LogP contribution in [0.25, 0.3) is 0 Å². The number of carbonyl (C=O) groups is 1. The van der Waals surface area contributed by atoms with Crippen LogP contribution in [0.1, 0.15) is 90.4 Å². The maximum absolute atomic E-state index is 12.7. The predicted octanol–water partition coefficient (Wildman–Crippen LogP) is 4.17. The smallest absolute Gasteiger partial charge is 0.139 e. The summed E-state index contributed by atoms with van der Waals surface area (Å²) in [7, 11) is 0. The van der Waals surface area contributed by atoms with E-state index in [-0.39, 0.29) is 6.42 Å². The van der Waals surface area contributed by atoms with Gasteiger partial charge in [0, 0.05) is 0 Å². The van der Waals surface area contributed by atoms with E-state index in [0.717, 1.165) is 12.8 Å². The molecule has 2 nitrogen and oxygen atoms in total. The van der Waals surface area contributed by atoms with Gasteiger partial charge in [-0.2, -0.15) is 0 Å². The first-order valence-corrected chi connectivity index (χ1v) is 8.03. The zero-order chi connectivity index (χ0) is 14.3. The Hall–Kier alpha value is -0.600. The van der Waals surface area contributed by atoms with Gasteiger partial charge in [-0.25, -0.2) is 4.39 Å². The number of rotatable bonds is 14. The Bertz CT molecular complexity index is 207. The lowest BCUT2D eigenvalue weighted by molar-refractivity contribution is -0.312. The van der Waals surface area contributed by atoms with E-state index in [1.54, 1.807) is 0 Å². The Labute approximate surface area is 117 Å². The number of carbonyl (C=O) groups excluding carboxylic acids is 1. The molecule has 0 amide bonds. The van der Waals surface area contributed by atoms with Gasteiger partial charge in [0.2, 0.25) is 0 Å². The summed E-state index contributed by atoms with van der Waals surface area (Å²) in [5.74, 6) is -1.57. The molecule has 1 atom stereocenters. The highest BCUT2D eigenvalue weighted by Gasteiger charge is 2.05. The summed E-state index contributed by atoms with van der Waals surface area (Å²) in [5, 5.41) is 10.1. The lowest BCUT2D eigenvalue weighted by atomic mass is 10.0. The molecule has 0 spiro atoms. The normalized spacial score (nSPS) is 12.5. The van der Waals surface area contributed by atoms with Crippen molar-refractivity contribution < 1.29 is 14.3 Å². The second-order valence-corrected chi connectivity index (χ2v) is 5.46. The van der Waals surface area contributed by atoms with Gasteiger partial charge in [0.1, 0.15) is 6.17 Å². The fraction of sp³-hybridized carbons (Fsp3) is 0.938. The molecule has 114 valence electrons. The molecule has 0 aliphatic rings. The van der Waals surface area contributed by atoms with Crippen molar-refractivity contribution in [1.82, 2.24) is 0 Å². The molecule has 0 aromatic carbocycles. The van der Waals surface area contributed by atoms with Gasteiger partial charge < -0.3 is 9.90 Å². The standard InChI is InChI=1S/C16H31FO2/c1-2-3-4-5-6-7-8-9-10-11-12-13-14-15(17)16(18)19/h15H,2-14H2,1H3,(H,18,19)/p-1. The fourth-order valence-corrected chi connectivity index (χ4v) is 2.28. The van der Waals surface area contributed by atoms with Gasteiger partial charge in [-0.05, 0) is 6.42 Å². The summed E-state index contributed by atoms with van der Waals surface area (Å²) < 4.78 is 12.7. The minimum absolute atomic E-state index is 0.111. The number of alkyl halides is 1. The summed E-state index contributed by atoms with van der Waals surface area (Å²) in [6, 6.07) is 0. The van der Waals surface area contributed by atoms with Gasteiger partial charge >= 0.3 is 0 Å². The summed E-state index contributed by atoms with van der Waals surface area (Å²) in [6.45, 7) is 2.23. The van der Waals surface area contributed by atoms with E-state index in [1.165, 1.54) is 57.8 Å². The molecule has 0 aliphatic heterocycles. The lowest BCUT2D eigenvalue weighted by Gasteiger charge is -2.08. The molecule has 0 saturated heterocycles. The van der Waals surface area contributed by atoms with Crippen molar-refractivity contribution >= 4 is 5.97 Å². The van der Waals surface area contributed by atoms with Gasteiger partial charge in [0.25, 0.3) is 0 Å². The maximum Gasteiger partial charge on any atom is 0.139 e. The quantitative estimate of drug-likeness (QED) is 0.446. The molecule has 0 bridgehead atoms. The Balaban J connectivity index is 3.05. The molecule has 0 fully saturated rings. The predicted molar refractivity (Wildman–Crippen MR) is 75.6 cm³/mol. The fourth-order valence-electron chi connectivity index (χ4n) is 2.28. The number of halogens is 1. The van der Waals surface area contributed by atoms with Crippen LogP contribution in [0.5, 0.6) is 0 Å². The van der Waals surface area contributed by atoms with Crippen LogP contribution in [0.15, 0.2) is 0 Å². The first-order chi connectivity index (χ1) is 9.18. The molecule has 0 saturated carbocycles. The Kier molecular flexibility index (Phi) is 13.4. The molecule has 19 heavy (non-hydrogen) atoms. The molecule has 0 radical (unpaired) electrons. The molecule has 3 heteroatoms. The molecule has 0 aromatic heterocycles. The SMILES string of the molecule is CCCCCCCCCCCCCCC(F)C(=O)[O-]. The van der Waals surface area contributed by atoms with Crippen LogP contribution in [0.3, 0.4) is 0 Å². The second kappa shape index (κ2) is 13.8. The highest BCUT2D eigenvalue weighted by molar-refractivity contribution is 5.69. The van der Waals surface area contributed by atoms with Crippen molar-refractivity contribution in [3.05, 3.63) is 0 Å². The molecule has 0 N–H and O–H groups in total. The van der Waals surface area contributed by atoms with E-state index in [0.29, 0.717) is 6.42 Å². The van der Waals surface area contributed by atoms with E-state index in [4.69, 9.17) is 0 Å². The third-order valence-electron chi connectivity index (χ3n) is 3.57. The van der Waals surface area contributed by atoms with E-state index in [9.17, 15) is 14.3 Å². The number of hydrogen-bond donors (Lipinski definition) is 0. The Morgan fingerprint density at radius 3 is 1.58 bits per heavy atom. The van der Waals surface area contributed by atoms with Crippen LogP contribution in [-0.2, 0) is 4.79 Å². The van der Waals surface area contributed by atoms with Crippen LogP contribution in [0.4, 0.5) is 4.39 Å². The van der Waals surface area contributed by atoms with Crippen LogP contribution in [0.2, 0.25) is 0 Å². The first-order valence-electron chi connectivity index (χ1n) is 8.03. The molecule has 0 heterocycles. The molecule has 0 aromatic rings. The molecule has 0 aliphatic carbocycles. The van der Waals surface area contributed by atoms with Crippen molar-refractivity contribution in [3.8, 4) is 0 Å². The van der Waals surface area contributed by atoms with Gasteiger partial charge in [-0.3, -0.25) is 0 Å². The van der Waals surface area contributed by atoms with E-state index >= 15 is 0 Å². The third-order valence-corrected chi connectivity index (χ3v) is 3.57. The van der Waals surface area contributed by atoms with E-state index < -0.39 is 12.1 Å². The zero-order valence-corrected chi connectivity index (χ0v) is 12.5. The largest absolute Gasteiger partial charge is 0.547 e. The lowest BCUT2D eigenvalue weighted by Crippen LogP contribution is -2.32. The van der Waals surface area contributed by atoms with Crippen molar-refractivity contribution in [2.45, 2.75) is 96.6 Å². The summed E-state index contributed by atoms with van der Waals surface area (Å²) >= 11 is 0. The highest BCUT2D eigenvalue weighted by atomic mass is 19.1. The number of carboxylic acid groups (broad SMARTS) is 1. The van der Waals surface area contributed by atoms with E-state index in [2.05, 4.69) is 6.92 Å². The Morgan fingerprint density at radius 2 is 1.21 bits per heavy atom. The van der Waals surface area contributed by atoms with Crippen molar-refractivity contribution in [3.63, 3.8) is 0 Å². The second-order valence-electron chi connectivity index (χ2n) is 5.46. The van der Waals surface area contributed by atoms with Crippen LogP contribution in [-0.4, -0.2) is 12.1 Å². The number of hydrogen-bond acceptors (Lipinski definition) is 2. The summed E-state index contributed by atoms with van der Waals surface area (Å²) in [5.41, 5.74) is 0. The Morgan fingerprint density at radius 1 is 0.842 bits per heavy atom.